The number of hydrogen-bond donors (Lipinski definition) is 3. The number of likely N-dealkylation sites (tertiary alicyclic amines) is 1. The Morgan fingerprint density at radius 1 is 1.55 bits per heavy atom. The van der Waals surface area contributed by atoms with Crippen molar-refractivity contribution in [3.05, 3.63) is 11.6 Å². The van der Waals surface area contributed by atoms with Gasteiger partial charge in [-0.1, -0.05) is 0 Å². The van der Waals surface area contributed by atoms with Crippen LogP contribution in [0.1, 0.15) is 18.1 Å². The van der Waals surface area contributed by atoms with Gasteiger partial charge in [-0.3, -0.25) is 5.10 Å². The molecule has 2 amide bonds. The Bertz CT molecular complexity index is 517. The molecule has 2 atom stereocenters. The van der Waals surface area contributed by atoms with Crippen LogP contribution in [-0.2, 0) is 11.3 Å². The number of carbonyl (C=O) groups is 2. The number of hydrogen-bond acceptors (Lipinski definition) is 5. The highest BCUT2D eigenvalue weighted by Gasteiger charge is 2.40. The Kier molecular flexibility index (Phi) is 3.89. The summed E-state index contributed by atoms with van der Waals surface area (Å²) in [5, 5.41) is 25.2. The lowest BCUT2D eigenvalue weighted by Crippen LogP contribution is -2.46. The number of aromatic nitrogens is 3. The summed E-state index contributed by atoms with van der Waals surface area (Å²) < 4.78 is 0. The third kappa shape index (κ3) is 2.87. The molecule has 110 valence electrons. The summed E-state index contributed by atoms with van der Waals surface area (Å²) in [6, 6.07) is -1.45. The van der Waals surface area contributed by atoms with Gasteiger partial charge in [0.1, 0.15) is 11.9 Å². The van der Waals surface area contributed by atoms with Crippen molar-refractivity contribution in [1.82, 2.24) is 25.0 Å². The van der Waals surface area contributed by atoms with Gasteiger partial charge in [0.2, 0.25) is 0 Å². The number of H-pyrrole nitrogens is 1. The molecule has 2 rings (SSSR count). The van der Waals surface area contributed by atoms with Crippen molar-refractivity contribution in [2.75, 3.05) is 13.6 Å². The van der Waals surface area contributed by atoms with Crippen LogP contribution in [0.2, 0.25) is 0 Å². The minimum Gasteiger partial charge on any atom is -0.480 e. The van der Waals surface area contributed by atoms with Crippen LogP contribution < -0.4 is 0 Å². The molecular formula is C11H17N5O4. The molecule has 0 unspecified atom stereocenters. The van der Waals surface area contributed by atoms with Crippen molar-refractivity contribution in [3.63, 3.8) is 0 Å². The molecular weight excluding hydrogens is 266 g/mol. The third-order valence-electron chi connectivity index (χ3n) is 3.16. The van der Waals surface area contributed by atoms with Gasteiger partial charge in [0.15, 0.2) is 5.82 Å². The number of carbonyl (C=O) groups excluding carboxylic acids is 1. The number of aliphatic carboxylic acids is 1. The molecule has 0 saturated carbocycles. The Hall–Kier alpha value is -2.16. The van der Waals surface area contributed by atoms with E-state index < -0.39 is 24.1 Å². The first-order valence-corrected chi connectivity index (χ1v) is 6.19. The number of aryl methyl sites for hydroxylation is 1. The number of rotatable bonds is 3. The second-order valence-corrected chi connectivity index (χ2v) is 4.87. The van der Waals surface area contributed by atoms with E-state index in [1.807, 2.05) is 0 Å². The van der Waals surface area contributed by atoms with E-state index in [0.717, 1.165) is 4.90 Å². The lowest BCUT2D eigenvalue weighted by molar-refractivity contribution is -0.141. The number of nitrogens with zero attached hydrogens (tertiary/aromatic N) is 4. The maximum absolute atomic E-state index is 12.2. The molecule has 2 heterocycles. The van der Waals surface area contributed by atoms with Gasteiger partial charge < -0.3 is 20.0 Å². The molecule has 1 aliphatic heterocycles. The second kappa shape index (κ2) is 5.45. The zero-order chi connectivity index (χ0) is 14.9. The molecule has 20 heavy (non-hydrogen) atoms. The maximum atomic E-state index is 12.2. The molecule has 0 aliphatic carbocycles. The Balaban J connectivity index is 2.04. The predicted octanol–water partition coefficient (Wildman–Crippen LogP) is -0.815. The Morgan fingerprint density at radius 2 is 2.25 bits per heavy atom. The van der Waals surface area contributed by atoms with Crippen LogP contribution in [0.4, 0.5) is 4.79 Å². The van der Waals surface area contributed by atoms with Crippen LogP contribution in [0.15, 0.2) is 0 Å². The topological polar surface area (TPSA) is 123 Å². The van der Waals surface area contributed by atoms with E-state index in [-0.39, 0.29) is 19.5 Å². The van der Waals surface area contributed by atoms with Crippen molar-refractivity contribution in [2.24, 2.45) is 0 Å². The molecule has 1 saturated heterocycles. The van der Waals surface area contributed by atoms with E-state index in [2.05, 4.69) is 15.2 Å². The van der Waals surface area contributed by atoms with Gasteiger partial charge in [0.25, 0.3) is 0 Å². The van der Waals surface area contributed by atoms with Crippen molar-refractivity contribution in [1.29, 1.82) is 0 Å². The van der Waals surface area contributed by atoms with Gasteiger partial charge in [-0.05, 0) is 6.92 Å². The molecule has 1 aromatic rings. The number of carboxylic acids is 1. The SMILES string of the molecule is Cc1nc(CN(C)C(=O)N2C[C@H](O)C[C@@H]2C(=O)O)n[nH]1. The quantitative estimate of drug-likeness (QED) is 0.666. The summed E-state index contributed by atoms with van der Waals surface area (Å²) in [5.74, 6) is -0.0251. The molecule has 0 radical (unpaired) electrons. The van der Waals surface area contributed by atoms with Crippen LogP contribution in [0, 0.1) is 6.92 Å². The normalized spacial score (nSPS) is 22.1. The van der Waals surface area contributed by atoms with E-state index >= 15 is 0 Å². The van der Waals surface area contributed by atoms with Crippen LogP contribution in [0.3, 0.4) is 0 Å². The number of amides is 2. The smallest absolute Gasteiger partial charge is 0.326 e. The summed E-state index contributed by atoms with van der Waals surface area (Å²) in [7, 11) is 1.54. The molecule has 9 nitrogen and oxygen atoms in total. The fourth-order valence-electron chi connectivity index (χ4n) is 2.22. The summed E-state index contributed by atoms with van der Waals surface area (Å²) in [6.45, 7) is 1.94. The minimum atomic E-state index is -1.11. The van der Waals surface area contributed by atoms with Crippen molar-refractivity contribution in [3.8, 4) is 0 Å². The standard InChI is InChI=1S/C11H17N5O4/c1-6-12-9(14-13-6)5-15(2)11(20)16-4-7(17)3-8(16)10(18)19/h7-8,17H,3-5H2,1-2H3,(H,18,19)(H,12,13,14)/t7-,8-/m1/s1. The number of β-amino-alcohol motifs (C(OH)–C–C–N with tert-alkyl or cyclic N) is 1. The van der Waals surface area contributed by atoms with E-state index in [9.17, 15) is 14.7 Å². The highest BCUT2D eigenvalue weighted by atomic mass is 16.4. The highest BCUT2D eigenvalue weighted by Crippen LogP contribution is 2.20. The van der Waals surface area contributed by atoms with Gasteiger partial charge >= 0.3 is 12.0 Å². The van der Waals surface area contributed by atoms with Crippen LogP contribution in [-0.4, -0.2) is 72.9 Å². The average molecular weight is 283 g/mol. The maximum Gasteiger partial charge on any atom is 0.326 e. The van der Waals surface area contributed by atoms with E-state index in [0.29, 0.717) is 11.6 Å². The zero-order valence-electron chi connectivity index (χ0n) is 11.3. The minimum absolute atomic E-state index is 0.0210. The molecule has 0 bridgehead atoms. The molecule has 1 fully saturated rings. The fourth-order valence-corrected chi connectivity index (χ4v) is 2.22. The number of aromatic amines is 1. The monoisotopic (exact) mass is 283 g/mol. The van der Waals surface area contributed by atoms with Crippen molar-refractivity contribution >= 4 is 12.0 Å². The summed E-state index contributed by atoms with van der Waals surface area (Å²) >= 11 is 0. The van der Waals surface area contributed by atoms with Gasteiger partial charge in [-0.2, -0.15) is 5.10 Å². The number of carboxylic acid groups (broad SMARTS) is 1. The number of aliphatic hydroxyl groups is 1. The van der Waals surface area contributed by atoms with Gasteiger partial charge in [-0.25, -0.2) is 14.6 Å². The van der Waals surface area contributed by atoms with Crippen LogP contribution >= 0.6 is 0 Å². The third-order valence-corrected chi connectivity index (χ3v) is 3.16. The van der Waals surface area contributed by atoms with Gasteiger partial charge in [0.05, 0.1) is 12.6 Å². The molecule has 0 spiro atoms. The zero-order valence-corrected chi connectivity index (χ0v) is 11.3. The van der Waals surface area contributed by atoms with Gasteiger partial charge in [-0.15, -0.1) is 0 Å². The Labute approximate surface area is 115 Å². The first kappa shape index (κ1) is 14.3. The molecule has 0 aromatic carbocycles. The van der Waals surface area contributed by atoms with Crippen molar-refractivity contribution in [2.45, 2.75) is 32.0 Å². The molecule has 3 N–H and O–H groups in total. The largest absolute Gasteiger partial charge is 0.480 e. The van der Waals surface area contributed by atoms with Crippen LogP contribution in [0.25, 0.3) is 0 Å². The summed E-state index contributed by atoms with van der Waals surface area (Å²) in [4.78, 5) is 29.9. The lowest BCUT2D eigenvalue weighted by Gasteiger charge is -2.26. The van der Waals surface area contributed by atoms with Gasteiger partial charge in [0, 0.05) is 20.0 Å². The predicted molar refractivity (Wildman–Crippen MR) is 66.7 cm³/mol. The second-order valence-electron chi connectivity index (χ2n) is 4.87. The summed E-state index contributed by atoms with van der Waals surface area (Å²) in [6.07, 6.45) is -0.756. The highest BCUT2D eigenvalue weighted by molar-refractivity contribution is 5.83. The first-order chi connectivity index (χ1) is 9.38. The van der Waals surface area contributed by atoms with E-state index in [4.69, 9.17) is 5.11 Å². The van der Waals surface area contributed by atoms with E-state index in [1.54, 1.807) is 6.92 Å². The lowest BCUT2D eigenvalue weighted by atomic mass is 10.2. The average Bonchev–Trinajstić information content (AvgIpc) is 2.94. The van der Waals surface area contributed by atoms with Crippen molar-refractivity contribution < 1.29 is 19.8 Å². The fraction of sp³-hybridized carbons (Fsp3) is 0.636. The Morgan fingerprint density at radius 3 is 2.80 bits per heavy atom. The van der Waals surface area contributed by atoms with Crippen LogP contribution in [0.5, 0.6) is 0 Å². The molecule has 1 aromatic heterocycles. The summed E-state index contributed by atoms with van der Waals surface area (Å²) in [5.41, 5.74) is 0. The molecule has 9 heteroatoms. The molecule has 1 aliphatic rings. The number of aliphatic hydroxyl groups excluding tert-OH is 1. The van der Waals surface area contributed by atoms with E-state index in [1.165, 1.54) is 11.9 Å². The number of urea groups is 1. The number of nitrogens with one attached hydrogen (secondary N) is 1. The first-order valence-electron chi connectivity index (χ1n) is 6.19.